The predicted octanol–water partition coefficient (Wildman–Crippen LogP) is -3.51. The molecule has 0 aliphatic carbocycles. The summed E-state index contributed by atoms with van der Waals surface area (Å²) in [5.41, 5.74) is 11.9. The minimum Gasteiger partial charge on any atom is -0.481 e. The number of nitrogen functional groups attached to an aromatic ring is 1. The molecule has 7 atom stereocenters. The molecule has 248 valence electrons. The van der Waals surface area contributed by atoms with Gasteiger partial charge in [-0.3, -0.25) is 19.4 Å². The molecule has 0 saturated carbocycles. The van der Waals surface area contributed by atoms with Crippen molar-refractivity contribution in [3.63, 3.8) is 0 Å². The van der Waals surface area contributed by atoms with Crippen molar-refractivity contribution in [3.05, 3.63) is 40.2 Å². The number of benzene rings is 1. The van der Waals surface area contributed by atoms with Gasteiger partial charge in [-0.1, -0.05) is 0 Å². The van der Waals surface area contributed by atoms with Gasteiger partial charge in [0.2, 0.25) is 5.95 Å². The van der Waals surface area contributed by atoms with E-state index in [4.69, 9.17) is 31.5 Å². The van der Waals surface area contributed by atoms with Gasteiger partial charge in [0.1, 0.15) is 30.0 Å². The normalized spacial score (nSPS) is 24.6. The number of aromatic nitrogens is 2. The maximum absolute atomic E-state index is 12.3. The molecule has 4 rings (SSSR count). The van der Waals surface area contributed by atoms with E-state index in [1.807, 2.05) is 4.90 Å². The minimum atomic E-state index is -1.35. The van der Waals surface area contributed by atoms with Gasteiger partial charge in [0.05, 0.1) is 18.7 Å². The van der Waals surface area contributed by atoms with Crippen LogP contribution in [-0.4, -0.2) is 128 Å². The number of anilines is 4. The average molecular weight is 639 g/mol. The number of nitrogens with two attached hydrogens (primary N) is 2. The number of likely N-dealkylation sites (N-methyl/N-ethyl adjacent to an activating group) is 1. The molecule has 14 N–H and O–H groups in total. The quantitative estimate of drug-likeness (QED) is 0.120. The molecular weight excluding hydrogens is 600 g/mol. The summed E-state index contributed by atoms with van der Waals surface area (Å²) < 4.78 is 4.70. The second-order valence-electron chi connectivity index (χ2n) is 10.4. The highest BCUT2D eigenvalue weighted by molar-refractivity contribution is 5.97. The smallest absolute Gasteiger partial charge is 0.326 e. The lowest BCUT2D eigenvalue weighted by Gasteiger charge is -2.38. The maximum Gasteiger partial charge on any atom is 0.326 e. The number of carbonyl (C=O) groups is 3. The molecule has 1 amide bonds. The standard InChI is InChI=1S/C20H25N7O6.C6H13NO5/c1-27-12(9-23-16-15(27)18(31)26-20(21)25-16)8-22-11-4-2-10(3-5-11)17(30)24-13(19(32)33)6-7-14(28)29;7-3-5(10)4(9)2(1-8)12-6(3)11/h2-5,12-13,22H,6-9H2,1H3,(H,24,30)(H,28,29)(H,32,33)(H4,21,23,25,26,31);2-6,8-11H,1,7H2/t12?,13-;2-,3-,4+,5-,6+/m11/s1. The van der Waals surface area contributed by atoms with Crippen molar-refractivity contribution in [2.45, 2.75) is 55.6 Å². The molecule has 0 bridgehead atoms. The van der Waals surface area contributed by atoms with E-state index in [-0.39, 0.29) is 36.0 Å². The zero-order valence-corrected chi connectivity index (χ0v) is 24.2. The number of carboxylic acids is 2. The minimum absolute atomic E-state index is 0.0388. The Morgan fingerprint density at radius 1 is 1.16 bits per heavy atom. The summed E-state index contributed by atoms with van der Waals surface area (Å²) in [6.45, 7) is 0.538. The molecule has 19 nitrogen and oxygen atoms in total. The average Bonchev–Trinajstić information content (AvgIpc) is 2.99. The Hall–Kier alpha value is -4.53. The van der Waals surface area contributed by atoms with Gasteiger partial charge in [-0.25, -0.2) is 4.79 Å². The molecule has 2 aliphatic heterocycles. The topological polar surface area (TPSA) is 319 Å². The number of hydrogen-bond donors (Lipinski definition) is 12. The van der Waals surface area contributed by atoms with Gasteiger partial charge in [-0.05, 0) is 30.7 Å². The number of ether oxygens (including phenoxy) is 1. The van der Waals surface area contributed by atoms with Crippen LogP contribution in [0, 0.1) is 0 Å². The zero-order chi connectivity index (χ0) is 33.4. The van der Waals surface area contributed by atoms with E-state index >= 15 is 0 Å². The number of aliphatic hydroxyl groups excluding tert-OH is 4. The highest BCUT2D eigenvalue weighted by Gasteiger charge is 2.41. The fraction of sp³-hybridized carbons (Fsp3) is 0.500. The number of amides is 1. The van der Waals surface area contributed by atoms with E-state index in [1.54, 1.807) is 19.2 Å². The number of rotatable bonds is 10. The number of carboxylic acid groups (broad SMARTS) is 2. The van der Waals surface area contributed by atoms with Crippen LogP contribution in [0.25, 0.3) is 0 Å². The second kappa shape index (κ2) is 15.5. The molecule has 1 aromatic heterocycles. The van der Waals surface area contributed by atoms with Crippen molar-refractivity contribution >= 4 is 41.0 Å². The number of nitrogens with one attached hydrogen (secondary N) is 4. The van der Waals surface area contributed by atoms with Gasteiger partial charge < -0.3 is 67.7 Å². The summed E-state index contributed by atoms with van der Waals surface area (Å²) in [5.74, 6) is -2.59. The lowest BCUT2D eigenvalue weighted by molar-refractivity contribution is -0.248. The Bertz CT molecular complexity index is 1390. The Morgan fingerprint density at radius 3 is 2.42 bits per heavy atom. The molecule has 2 aliphatic rings. The Labute approximate surface area is 255 Å². The van der Waals surface area contributed by atoms with E-state index in [0.717, 1.165) is 5.69 Å². The molecular formula is C26H38N8O11. The number of H-pyrrole nitrogens is 1. The molecule has 1 fully saturated rings. The van der Waals surface area contributed by atoms with E-state index < -0.39 is 61.1 Å². The van der Waals surface area contributed by atoms with Crippen molar-refractivity contribution in [1.82, 2.24) is 15.3 Å². The number of nitrogens with zero attached hydrogens (tertiary/aromatic N) is 2. The molecule has 1 saturated heterocycles. The second-order valence-corrected chi connectivity index (χ2v) is 10.4. The molecule has 3 heterocycles. The van der Waals surface area contributed by atoms with Crippen LogP contribution in [0.4, 0.5) is 23.1 Å². The number of fused-ring (bicyclic) bond motifs is 1. The fourth-order valence-electron chi connectivity index (χ4n) is 4.54. The number of hydrogen-bond acceptors (Lipinski definition) is 15. The largest absolute Gasteiger partial charge is 0.481 e. The molecule has 2 aromatic rings. The van der Waals surface area contributed by atoms with Gasteiger partial charge in [0.25, 0.3) is 11.5 Å². The van der Waals surface area contributed by atoms with Crippen LogP contribution in [0.15, 0.2) is 29.1 Å². The Morgan fingerprint density at radius 2 is 1.82 bits per heavy atom. The first kappa shape index (κ1) is 35.0. The van der Waals surface area contributed by atoms with Crippen LogP contribution >= 0.6 is 0 Å². The SMILES string of the molecule is CN1c2c(nc(N)[nH]c2=O)NCC1CNc1ccc(C(=O)N[C@H](CCC(=O)O)C(=O)O)cc1.N[C@@H]1[C@@H](O)[C@@H](O)[C@@H](CO)O[C@@H]1O. The summed E-state index contributed by atoms with van der Waals surface area (Å²) in [4.78, 5) is 54.9. The van der Waals surface area contributed by atoms with E-state index in [0.29, 0.717) is 24.6 Å². The molecule has 45 heavy (non-hydrogen) atoms. The van der Waals surface area contributed by atoms with Crippen molar-refractivity contribution in [1.29, 1.82) is 0 Å². The van der Waals surface area contributed by atoms with E-state index in [1.165, 1.54) is 12.1 Å². The number of carbonyl (C=O) groups excluding carboxylic acids is 1. The first-order valence-corrected chi connectivity index (χ1v) is 13.7. The van der Waals surface area contributed by atoms with E-state index in [2.05, 4.69) is 25.9 Å². The van der Waals surface area contributed by atoms with Gasteiger partial charge in [0, 0.05) is 37.8 Å². The van der Waals surface area contributed by atoms with Crippen LogP contribution in [0.2, 0.25) is 0 Å². The zero-order valence-electron chi connectivity index (χ0n) is 24.2. The van der Waals surface area contributed by atoms with E-state index in [9.17, 15) is 34.5 Å². The number of aromatic amines is 1. The summed E-state index contributed by atoms with van der Waals surface area (Å²) >= 11 is 0. The number of aliphatic carboxylic acids is 2. The monoisotopic (exact) mass is 638 g/mol. The molecule has 0 spiro atoms. The van der Waals surface area contributed by atoms with Gasteiger partial charge in [0.15, 0.2) is 12.1 Å². The Kier molecular flexibility index (Phi) is 12.0. The lowest BCUT2D eigenvalue weighted by atomic mass is 9.98. The van der Waals surface area contributed by atoms with Gasteiger partial charge >= 0.3 is 11.9 Å². The molecule has 1 unspecified atom stereocenters. The highest BCUT2D eigenvalue weighted by Crippen LogP contribution is 2.25. The van der Waals surface area contributed by atoms with Crippen LogP contribution in [0.5, 0.6) is 0 Å². The Balaban J connectivity index is 0.000000385. The number of aliphatic hydroxyl groups is 4. The van der Waals surface area contributed by atoms with Crippen LogP contribution in [0.1, 0.15) is 23.2 Å². The van der Waals surface area contributed by atoms with Crippen LogP contribution in [0.3, 0.4) is 0 Å². The van der Waals surface area contributed by atoms with Crippen LogP contribution in [-0.2, 0) is 14.3 Å². The van der Waals surface area contributed by atoms with Crippen molar-refractivity contribution < 1.29 is 49.8 Å². The predicted molar refractivity (Wildman–Crippen MR) is 159 cm³/mol. The third kappa shape index (κ3) is 9.00. The van der Waals surface area contributed by atoms with Crippen molar-refractivity contribution in [3.8, 4) is 0 Å². The highest BCUT2D eigenvalue weighted by atomic mass is 16.6. The molecule has 0 radical (unpaired) electrons. The van der Waals surface area contributed by atoms with Crippen LogP contribution < -0.4 is 37.9 Å². The third-order valence-electron chi connectivity index (χ3n) is 7.21. The summed E-state index contributed by atoms with van der Waals surface area (Å²) in [6, 6.07) is 3.99. The fourth-order valence-corrected chi connectivity index (χ4v) is 4.54. The van der Waals surface area contributed by atoms with Gasteiger partial charge in [-0.2, -0.15) is 4.98 Å². The summed E-state index contributed by atoms with van der Waals surface area (Å²) in [6.07, 6.45) is -5.44. The van der Waals surface area contributed by atoms with Gasteiger partial charge in [-0.15, -0.1) is 0 Å². The third-order valence-corrected chi connectivity index (χ3v) is 7.21. The first-order chi connectivity index (χ1) is 21.2. The summed E-state index contributed by atoms with van der Waals surface area (Å²) in [5, 5.41) is 62.6. The van der Waals surface area contributed by atoms with Crippen molar-refractivity contribution in [2.75, 3.05) is 48.0 Å². The summed E-state index contributed by atoms with van der Waals surface area (Å²) in [7, 11) is 1.79. The van der Waals surface area contributed by atoms with Crippen molar-refractivity contribution in [2.24, 2.45) is 5.73 Å². The maximum atomic E-state index is 12.3. The molecule has 19 heteroatoms. The lowest BCUT2D eigenvalue weighted by Crippen LogP contribution is -2.61. The first-order valence-electron chi connectivity index (χ1n) is 13.7. The molecule has 1 aromatic carbocycles.